The molecular formula is C14H18N2O3. The molecule has 1 atom stereocenters. The highest BCUT2D eigenvalue weighted by molar-refractivity contribution is 5.94. The van der Waals surface area contributed by atoms with E-state index in [2.05, 4.69) is 0 Å². The Balaban J connectivity index is 1.93. The summed E-state index contributed by atoms with van der Waals surface area (Å²) in [4.78, 5) is 26.8. The van der Waals surface area contributed by atoms with Crippen LogP contribution in [0.4, 0.5) is 0 Å². The highest BCUT2D eigenvalue weighted by Crippen LogP contribution is 2.10. The number of hydrogen-bond donors (Lipinski definition) is 1. The summed E-state index contributed by atoms with van der Waals surface area (Å²) >= 11 is 0. The minimum absolute atomic E-state index is 0.0169. The lowest BCUT2D eigenvalue weighted by Crippen LogP contribution is -2.53. The lowest BCUT2D eigenvalue weighted by Gasteiger charge is -2.36. The molecule has 1 aromatic carbocycles. The Bertz CT molecular complexity index is 453. The first-order valence-electron chi connectivity index (χ1n) is 6.41. The third kappa shape index (κ3) is 3.12. The van der Waals surface area contributed by atoms with Gasteiger partial charge in [0.05, 0.1) is 0 Å². The number of amides is 1. The number of carboxylic acid groups (broad SMARTS) is 1. The molecule has 0 spiro atoms. The van der Waals surface area contributed by atoms with E-state index in [0.29, 0.717) is 31.7 Å². The van der Waals surface area contributed by atoms with Gasteiger partial charge in [0, 0.05) is 31.7 Å². The second kappa shape index (κ2) is 5.84. The molecule has 0 aromatic heterocycles. The maximum absolute atomic E-state index is 12.2. The molecule has 1 fully saturated rings. The van der Waals surface area contributed by atoms with Crippen LogP contribution >= 0.6 is 0 Å². The molecule has 0 bridgehead atoms. The summed E-state index contributed by atoms with van der Waals surface area (Å²) in [6.07, 6.45) is 0. The smallest absolute Gasteiger partial charge is 0.320 e. The molecule has 0 saturated carbocycles. The van der Waals surface area contributed by atoms with Gasteiger partial charge in [0.1, 0.15) is 6.04 Å². The molecule has 1 heterocycles. The fraction of sp³-hybridized carbons (Fsp3) is 0.429. The quantitative estimate of drug-likeness (QED) is 0.880. The van der Waals surface area contributed by atoms with Crippen LogP contribution in [0.25, 0.3) is 0 Å². The molecule has 5 nitrogen and oxygen atoms in total. The van der Waals surface area contributed by atoms with Gasteiger partial charge in [-0.15, -0.1) is 0 Å². The summed E-state index contributed by atoms with van der Waals surface area (Å²) in [6.45, 7) is 4.03. The number of nitrogens with zero attached hydrogens (tertiary/aromatic N) is 2. The van der Waals surface area contributed by atoms with Crippen molar-refractivity contribution in [1.29, 1.82) is 0 Å². The van der Waals surface area contributed by atoms with Crippen molar-refractivity contribution in [3.63, 3.8) is 0 Å². The van der Waals surface area contributed by atoms with E-state index in [-0.39, 0.29) is 5.91 Å². The number of carbonyl (C=O) groups excluding carboxylic acids is 1. The zero-order valence-electron chi connectivity index (χ0n) is 11.0. The van der Waals surface area contributed by atoms with Crippen molar-refractivity contribution in [2.75, 3.05) is 26.2 Å². The number of carbonyl (C=O) groups is 2. The van der Waals surface area contributed by atoms with Gasteiger partial charge in [-0.3, -0.25) is 14.5 Å². The Labute approximate surface area is 112 Å². The first-order valence-corrected chi connectivity index (χ1v) is 6.41. The number of carboxylic acids is 1. The zero-order chi connectivity index (χ0) is 13.8. The van der Waals surface area contributed by atoms with E-state index < -0.39 is 12.0 Å². The van der Waals surface area contributed by atoms with Crippen molar-refractivity contribution in [2.45, 2.75) is 13.0 Å². The van der Waals surface area contributed by atoms with Crippen molar-refractivity contribution in [2.24, 2.45) is 0 Å². The van der Waals surface area contributed by atoms with Crippen LogP contribution in [0.15, 0.2) is 30.3 Å². The van der Waals surface area contributed by atoms with E-state index >= 15 is 0 Å². The van der Waals surface area contributed by atoms with Crippen LogP contribution in [0.5, 0.6) is 0 Å². The van der Waals surface area contributed by atoms with Crippen LogP contribution < -0.4 is 0 Å². The molecule has 1 aliphatic heterocycles. The average Bonchev–Trinajstić information content (AvgIpc) is 2.46. The van der Waals surface area contributed by atoms with Crippen LogP contribution in [0.3, 0.4) is 0 Å². The van der Waals surface area contributed by atoms with E-state index in [1.165, 1.54) is 0 Å². The number of piperazine rings is 1. The molecule has 1 amide bonds. The van der Waals surface area contributed by atoms with Gasteiger partial charge in [-0.25, -0.2) is 0 Å². The molecule has 1 saturated heterocycles. The topological polar surface area (TPSA) is 60.9 Å². The molecule has 1 aromatic rings. The van der Waals surface area contributed by atoms with Gasteiger partial charge in [0.15, 0.2) is 0 Å². The molecule has 0 aliphatic carbocycles. The number of hydrogen-bond acceptors (Lipinski definition) is 3. The van der Waals surface area contributed by atoms with Crippen LogP contribution in [0, 0.1) is 0 Å². The molecule has 1 N–H and O–H groups in total. The van der Waals surface area contributed by atoms with Crippen molar-refractivity contribution in [3.05, 3.63) is 35.9 Å². The van der Waals surface area contributed by atoms with Crippen LogP contribution in [-0.4, -0.2) is 59.0 Å². The van der Waals surface area contributed by atoms with Gasteiger partial charge in [-0.05, 0) is 19.1 Å². The third-order valence-corrected chi connectivity index (χ3v) is 3.53. The average molecular weight is 262 g/mol. The standard InChI is InChI=1S/C14H18N2O3/c1-11(14(18)19)15-7-9-16(10-8-15)13(17)12-5-3-2-4-6-12/h2-6,11H,7-10H2,1H3,(H,18,19). The third-order valence-electron chi connectivity index (χ3n) is 3.53. The first kappa shape index (κ1) is 13.5. The summed E-state index contributed by atoms with van der Waals surface area (Å²) < 4.78 is 0. The Hall–Kier alpha value is -1.88. The van der Waals surface area contributed by atoms with Gasteiger partial charge >= 0.3 is 5.97 Å². The summed E-state index contributed by atoms with van der Waals surface area (Å²) in [6, 6.07) is 8.67. The minimum Gasteiger partial charge on any atom is -0.480 e. The van der Waals surface area contributed by atoms with Crippen LogP contribution in [0.1, 0.15) is 17.3 Å². The normalized spacial score (nSPS) is 18.1. The van der Waals surface area contributed by atoms with Gasteiger partial charge in [-0.1, -0.05) is 18.2 Å². The molecule has 5 heteroatoms. The molecule has 102 valence electrons. The Morgan fingerprint density at radius 1 is 1.11 bits per heavy atom. The van der Waals surface area contributed by atoms with Gasteiger partial charge in [0.2, 0.25) is 0 Å². The molecule has 19 heavy (non-hydrogen) atoms. The maximum atomic E-state index is 12.2. The van der Waals surface area contributed by atoms with Crippen molar-refractivity contribution >= 4 is 11.9 Å². The molecule has 0 radical (unpaired) electrons. The number of rotatable bonds is 3. The Morgan fingerprint density at radius 2 is 1.68 bits per heavy atom. The monoisotopic (exact) mass is 262 g/mol. The van der Waals surface area contributed by atoms with Crippen molar-refractivity contribution in [1.82, 2.24) is 9.80 Å². The molecule has 1 unspecified atom stereocenters. The summed E-state index contributed by atoms with van der Waals surface area (Å²) in [5.41, 5.74) is 0.683. The first-order chi connectivity index (χ1) is 9.09. The Morgan fingerprint density at radius 3 is 2.21 bits per heavy atom. The number of aliphatic carboxylic acids is 1. The Kier molecular flexibility index (Phi) is 4.16. The summed E-state index contributed by atoms with van der Waals surface area (Å²) in [7, 11) is 0. The van der Waals surface area contributed by atoms with Gasteiger partial charge < -0.3 is 10.0 Å². The van der Waals surface area contributed by atoms with E-state index in [1.54, 1.807) is 24.0 Å². The van der Waals surface area contributed by atoms with E-state index in [9.17, 15) is 9.59 Å². The second-order valence-electron chi connectivity index (χ2n) is 4.71. The van der Waals surface area contributed by atoms with Crippen molar-refractivity contribution < 1.29 is 14.7 Å². The number of benzene rings is 1. The maximum Gasteiger partial charge on any atom is 0.320 e. The molecular weight excluding hydrogens is 244 g/mol. The summed E-state index contributed by atoms with van der Waals surface area (Å²) in [5, 5.41) is 8.97. The lowest BCUT2D eigenvalue weighted by molar-refractivity contribution is -0.143. The molecule has 2 rings (SSSR count). The predicted octanol–water partition coefficient (Wildman–Crippen LogP) is 0.917. The molecule has 1 aliphatic rings. The van der Waals surface area contributed by atoms with E-state index in [1.807, 2.05) is 23.1 Å². The second-order valence-corrected chi connectivity index (χ2v) is 4.71. The van der Waals surface area contributed by atoms with Crippen molar-refractivity contribution in [3.8, 4) is 0 Å². The SMILES string of the molecule is CC(C(=O)O)N1CCN(C(=O)c2ccccc2)CC1. The minimum atomic E-state index is -0.817. The largest absolute Gasteiger partial charge is 0.480 e. The highest BCUT2D eigenvalue weighted by Gasteiger charge is 2.27. The summed E-state index contributed by atoms with van der Waals surface area (Å²) in [5.74, 6) is -0.800. The fourth-order valence-corrected chi connectivity index (χ4v) is 2.23. The lowest BCUT2D eigenvalue weighted by atomic mass is 10.1. The van der Waals surface area contributed by atoms with Gasteiger partial charge in [0.25, 0.3) is 5.91 Å². The predicted molar refractivity (Wildman–Crippen MR) is 71.0 cm³/mol. The van der Waals surface area contributed by atoms with Crippen LogP contribution in [-0.2, 0) is 4.79 Å². The fourth-order valence-electron chi connectivity index (χ4n) is 2.23. The van der Waals surface area contributed by atoms with E-state index in [0.717, 1.165) is 0 Å². The van der Waals surface area contributed by atoms with Crippen LogP contribution in [0.2, 0.25) is 0 Å². The van der Waals surface area contributed by atoms with E-state index in [4.69, 9.17) is 5.11 Å². The highest BCUT2D eigenvalue weighted by atomic mass is 16.4. The van der Waals surface area contributed by atoms with Gasteiger partial charge in [-0.2, -0.15) is 0 Å². The zero-order valence-corrected chi connectivity index (χ0v) is 11.0.